The maximum absolute atomic E-state index is 5.25. The fourth-order valence-corrected chi connectivity index (χ4v) is 1.27. The molecule has 3 nitrogen and oxygen atoms in total. The predicted octanol–water partition coefficient (Wildman–Crippen LogP) is 1.26. The topological polar surface area (TPSA) is 28.2 Å². The van der Waals surface area contributed by atoms with Gasteiger partial charge in [-0.1, -0.05) is 12.8 Å². The Kier molecular flexibility index (Phi) is 4.65. The van der Waals surface area contributed by atoms with Gasteiger partial charge < -0.3 is 10.2 Å². The second-order valence-corrected chi connectivity index (χ2v) is 3.36. The van der Waals surface area contributed by atoms with Crippen molar-refractivity contribution in [2.75, 3.05) is 25.0 Å². The number of rotatable bonds is 5. The van der Waals surface area contributed by atoms with E-state index < -0.39 is 0 Å². The van der Waals surface area contributed by atoms with Crippen LogP contribution < -0.4 is 10.2 Å². The molecule has 0 aliphatic carbocycles. The van der Waals surface area contributed by atoms with Crippen molar-refractivity contribution in [1.29, 1.82) is 0 Å². The molecule has 0 saturated carbocycles. The Labute approximate surface area is 91.5 Å². The number of terminal acetylenes is 1. The standard InChI is InChI=1S/C12H17N3/c1-4-8-15(3)12-9-11(6-7-14-12)10-13-5-2/h1,6-7,9,13H,5,8,10H2,2-3H3. The highest BCUT2D eigenvalue weighted by molar-refractivity contribution is 5.41. The summed E-state index contributed by atoms with van der Waals surface area (Å²) in [5.74, 6) is 3.52. The Morgan fingerprint density at radius 3 is 3.07 bits per heavy atom. The molecule has 1 N–H and O–H groups in total. The van der Waals surface area contributed by atoms with Crippen molar-refractivity contribution in [1.82, 2.24) is 10.3 Å². The quantitative estimate of drug-likeness (QED) is 0.730. The van der Waals surface area contributed by atoms with Crippen LogP contribution in [0.15, 0.2) is 18.3 Å². The van der Waals surface area contributed by atoms with Crippen molar-refractivity contribution in [3.63, 3.8) is 0 Å². The van der Waals surface area contributed by atoms with Gasteiger partial charge in [-0.05, 0) is 24.2 Å². The number of hydrogen-bond donors (Lipinski definition) is 1. The molecule has 0 aliphatic heterocycles. The first-order chi connectivity index (χ1) is 7.27. The highest BCUT2D eigenvalue weighted by Crippen LogP contribution is 2.10. The molecular formula is C12H17N3. The minimum Gasteiger partial charge on any atom is -0.349 e. The first-order valence-corrected chi connectivity index (χ1v) is 5.08. The van der Waals surface area contributed by atoms with Crippen molar-refractivity contribution < 1.29 is 0 Å². The molecule has 1 rings (SSSR count). The average molecular weight is 203 g/mol. The third-order valence-corrected chi connectivity index (χ3v) is 2.11. The Bertz CT molecular complexity index is 341. The number of nitrogens with one attached hydrogen (secondary N) is 1. The number of aromatic nitrogens is 1. The van der Waals surface area contributed by atoms with E-state index in [9.17, 15) is 0 Å². The molecule has 15 heavy (non-hydrogen) atoms. The third kappa shape index (κ3) is 3.61. The summed E-state index contributed by atoms with van der Waals surface area (Å²) in [6.45, 7) is 4.51. The van der Waals surface area contributed by atoms with Crippen LogP contribution in [0.2, 0.25) is 0 Å². The van der Waals surface area contributed by atoms with Gasteiger partial charge in [0.05, 0.1) is 6.54 Å². The van der Waals surface area contributed by atoms with Gasteiger partial charge in [-0.25, -0.2) is 4.98 Å². The van der Waals surface area contributed by atoms with Crippen LogP contribution in [0.4, 0.5) is 5.82 Å². The number of pyridine rings is 1. The van der Waals surface area contributed by atoms with Gasteiger partial charge >= 0.3 is 0 Å². The summed E-state index contributed by atoms with van der Waals surface area (Å²) in [5, 5.41) is 3.28. The Balaban J connectivity index is 2.69. The molecule has 0 fully saturated rings. The van der Waals surface area contributed by atoms with E-state index in [0.29, 0.717) is 6.54 Å². The van der Waals surface area contributed by atoms with Gasteiger partial charge in [0, 0.05) is 19.8 Å². The van der Waals surface area contributed by atoms with Crippen molar-refractivity contribution >= 4 is 5.82 Å². The Morgan fingerprint density at radius 1 is 1.60 bits per heavy atom. The molecule has 0 spiro atoms. The van der Waals surface area contributed by atoms with Gasteiger partial charge in [-0.2, -0.15) is 0 Å². The van der Waals surface area contributed by atoms with E-state index in [4.69, 9.17) is 6.42 Å². The zero-order valence-electron chi connectivity index (χ0n) is 9.33. The second kappa shape index (κ2) is 6.05. The molecule has 80 valence electrons. The first kappa shape index (κ1) is 11.5. The van der Waals surface area contributed by atoms with Crippen LogP contribution in [0.5, 0.6) is 0 Å². The summed E-state index contributed by atoms with van der Waals surface area (Å²) in [5.41, 5.74) is 1.23. The van der Waals surface area contributed by atoms with Gasteiger partial charge in [0.1, 0.15) is 5.82 Å². The lowest BCUT2D eigenvalue weighted by Gasteiger charge is -2.15. The molecule has 3 heteroatoms. The fraction of sp³-hybridized carbons (Fsp3) is 0.417. The molecule has 0 aliphatic rings. The summed E-state index contributed by atoms with van der Waals surface area (Å²) in [6.07, 6.45) is 7.07. The van der Waals surface area contributed by atoms with E-state index in [1.807, 2.05) is 24.2 Å². The third-order valence-electron chi connectivity index (χ3n) is 2.11. The van der Waals surface area contributed by atoms with Gasteiger partial charge in [0.2, 0.25) is 0 Å². The predicted molar refractivity (Wildman–Crippen MR) is 63.7 cm³/mol. The normalized spacial score (nSPS) is 9.67. The molecule has 1 heterocycles. The maximum Gasteiger partial charge on any atom is 0.129 e. The zero-order chi connectivity index (χ0) is 11.1. The molecule has 0 radical (unpaired) electrons. The van der Waals surface area contributed by atoms with E-state index in [-0.39, 0.29) is 0 Å². The lowest BCUT2D eigenvalue weighted by molar-refractivity contribution is 0.725. The number of hydrogen-bond acceptors (Lipinski definition) is 3. The number of anilines is 1. The molecule has 0 atom stereocenters. The van der Waals surface area contributed by atoms with Crippen LogP contribution in [0.3, 0.4) is 0 Å². The Hall–Kier alpha value is -1.53. The molecule has 0 unspecified atom stereocenters. The molecule has 1 aromatic rings. The van der Waals surface area contributed by atoms with E-state index in [0.717, 1.165) is 18.9 Å². The first-order valence-electron chi connectivity index (χ1n) is 5.08. The molecule has 0 bridgehead atoms. The van der Waals surface area contributed by atoms with E-state index in [1.54, 1.807) is 0 Å². The largest absolute Gasteiger partial charge is 0.349 e. The molecule has 1 aromatic heterocycles. The van der Waals surface area contributed by atoms with E-state index in [1.165, 1.54) is 5.56 Å². The number of nitrogens with zero attached hydrogens (tertiary/aromatic N) is 2. The minimum atomic E-state index is 0.581. The molecular weight excluding hydrogens is 186 g/mol. The summed E-state index contributed by atoms with van der Waals surface area (Å²) in [4.78, 5) is 6.22. The Morgan fingerprint density at radius 2 is 2.40 bits per heavy atom. The van der Waals surface area contributed by atoms with Gasteiger partial charge in [-0.3, -0.25) is 0 Å². The minimum absolute atomic E-state index is 0.581. The molecule has 0 aromatic carbocycles. The molecule has 0 saturated heterocycles. The smallest absolute Gasteiger partial charge is 0.129 e. The van der Waals surface area contributed by atoms with Crippen molar-refractivity contribution in [2.24, 2.45) is 0 Å². The van der Waals surface area contributed by atoms with Crippen LogP contribution >= 0.6 is 0 Å². The zero-order valence-corrected chi connectivity index (χ0v) is 9.33. The van der Waals surface area contributed by atoms with E-state index in [2.05, 4.69) is 29.2 Å². The van der Waals surface area contributed by atoms with Crippen LogP contribution in [0, 0.1) is 12.3 Å². The summed E-state index contributed by atoms with van der Waals surface area (Å²) >= 11 is 0. The van der Waals surface area contributed by atoms with Gasteiger partial charge in [-0.15, -0.1) is 6.42 Å². The molecule has 0 amide bonds. The highest BCUT2D eigenvalue weighted by Gasteiger charge is 2.01. The lowest BCUT2D eigenvalue weighted by atomic mass is 10.2. The van der Waals surface area contributed by atoms with Crippen molar-refractivity contribution in [2.45, 2.75) is 13.5 Å². The van der Waals surface area contributed by atoms with Gasteiger partial charge in [0.25, 0.3) is 0 Å². The summed E-state index contributed by atoms with van der Waals surface area (Å²) in [6, 6.07) is 4.07. The summed E-state index contributed by atoms with van der Waals surface area (Å²) in [7, 11) is 1.94. The van der Waals surface area contributed by atoms with E-state index >= 15 is 0 Å². The van der Waals surface area contributed by atoms with Crippen LogP contribution in [-0.4, -0.2) is 25.1 Å². The maximum atomic E-state index is 5.25. The van der Waals surface area contributed by atoms with Gasteiger partial charge in [0.15, 0.2) is 0 Å². The highest BCUT2D eigenvalue weighted by atomic mass is 15.1. The lowest BCUT2D eigenvalue weighted by Crippen LogP contribution is -2.19. The summed E-state index contributed by atoms with van der Waals surface area (Å²) < 4.78 is 0. The fourth-order valence-electron chi connectivity index (χ4n) is 1.27. The monoisotopic (exact) mass is 203 g/mol. The van der Waals surface area contributed by atoms with Crippen LogP contribution in [0.25, 0.3) is 0 Å². The average Bonchev–Trinajstić information content (AvgIpc) is 2.27. The second-order valence-electron chi connectivity index (χ2n) is 3.36. The van der Waals surface area contributed by atoms with Crippen molar-refractivity contribution in [3.8, 4) is 12.3 Å². The van der Waals surface area contributed by atoms with Crippen LogP contribution in [-0.2, 0) is 6.54 Å². The van der Waals surface area contributed by atoms with Crippen molar-refractivity contribution in [3.05, 3.63) is 23.9 Å². The SMILES string of the molecule is C#CCN(C)c1cc(CNCC)ccn1. The van der Waals surface area contributed by atoms with Crippen LogP contribution in [0.1, 0.15) is 12.5 Å².